The lowest BCUT2D eigenvalue weighted by molar-refractivity contribution is -0.123. The van der Waals surface area contributed by atoms with E-state index in [4.69, 9.17) is 0 Å². The molecule has 0 fully saturated rings. The Kier molecular flexibility index (Phi) is 13.8. The number of amides is 1. The third-order valence-electron chi connectivity index (χ3n) is 3.74. The second-order valence-corrected chi connectivity index (χ2v) is 5.42. The van der Waals surface area contributed by atoms with Gasteiger partial charge in [0.2, 0.25) is 5.91 Å². The quantitative estimate of drug-likeness (QED) is 0.284. The maximum Gasteiger partial charge on any atom is 0.237 e. The maximum absolute atomic E-state index is 12.2. The summed E-state index contributed by atoms with van der Waals surface area (Å²) in [5, 5.41) is 15.7. The van der Waals surface area contributed by atoms with Crippen molar-refractivity contribution in [2.75, 3.05) is 47.8 Å². The van der Waals surface area contributed by atoms with E-state index in [-0.39, 0.29) is 11.9 Å². The second-order valence-electron chi connectivity index (χ2n) is 5.42. The predicted molar refractivity (Wildman–Crippen MR) is 89.6 cm³/mol. The van der Waals surface area contributed by atoms with Crippen molar-refractivity contribution in [2.45, 2.75) is 44.2 Å². The molecule has 0 spiro atoms. The molecule has 0 saturated carbocycles. The van der Waals surface area contributed by atoms with Crippen LogP contribution in [0.3, 0.4) is 0 Å². The summed E-state index contributed by atoms with van der Waals surface area (Å²) in [5.41, 5.74) is 0. The Hall–Kier alpha value is -0.690. The third kappa shape index (κ3) is 10.6. The minimum Gasteiger partial charge on any atom is -0.353 e. The molecule has 0 heterocycles. The molecule has 1 amide bonds. The van der Waals surface area contributed by atoms with E-state index in [0.29, 0.717) is 12.6 Å². The Morgan fingerprint density at radius 1 is 0.857 bits per heavy atom. The zero-order chi connectivity index (χ0) is 15.9. The minimum absolute atomic E-state index is 0.0864. The number of hydrogen-bond donors (Lipinski definition) is 5. The molecule has 0 aliphatic rings. The Balaban J connectivity index is 3.94. The molecule has 0 unspecified atom stereocenters. The van der Waals surface area contributed by atoms with Crippen molar-refractivity contribution in [3.05, 3.63) is 0 Å². The normalized spacial score (nSPS) is 13.9. The average molecular weight is 301 g/mol. The standard InChI is InChI=1S/C15H35N5O/c1-16-10-6-5-9-14(19-4)15(21)20-12-13(18-3)8-7-11-17-2/h13-14,16-19H,5-12H2,1-4H3,(H,20,21)/t13-,14-/m0/s1. The Morgan fingerprint density at radius 3 is 2.10 bits per heavy atom. The van der Waals surface area contributed by atoms with Gasteiger partial charge in [-0.15, -0.1) is 0 Å². The summed E-state index contributed by atoms with van der Waals surface area (Å²) >= 11 is 0. The lowest BCUT2D eigenvalue weighted by Gasteiger charge is -2.20. The topological polar surface area (TPSA) is 77.2 Å². The van der Waals surface area contributed by atoms with Crippen LogP contribution in [0.4, 0.5) is 0 Å². The molecule has 126 valence electrons. The van der Waals surface area contributed by atoms with Crippen molar-refractivity contribution in [3.8, 4) is 0 Å². The molecule has 0 aromatic carbocycles. The molecule has 21 heavy (non-hydrogen) atoms. The van der Waals surface area contributed by atoms with Crippen LogP contribution in [-0.4, -0.2) is 65.8 Å². The Labute approximate surface area is 130 Å². The van der Waals surface area contributed by atoms with Crippen molar-refractivity contribution in [1.82, 2.24) is 26.6 Å². The molecule has 0 bridgehead atoms. The Morgan fingerprint density at radius 2 is 1.52 bits per heavy atom. The molecule has 0 saturated heterocycles. The largest absolute Gasteiger partial charge is 0.353 e. The van der Waals surface area contributed by atoms with E-state index in [0.717, 1.165) is 45.2 Å². The van der Waals surface area contributed by atoms with Crippen LogP contribution in [0.5, 0.6) is 0 Å². The van der Waals surface area contributed by atoms with Gasteiger partial charge in [0, 0.05) is 12.6 Å². The molecule has 0 aliphatic heterocycles. The number of unbranched alkanes of at least 4 members (excludes halogenated alkanes) is 1. The number of hydrogen-bond acceptors (Lipinski definition) is 5. The first-order valence-electron chi connectivity index (χ1n) is 8.11. The lowest BCUT2D eigenvalue weighted by Crippen LogP contribution is -2.47. The van der Waals surface area contributed by atoms with Crippen LogP contribution in [0.1, 0.15) is 32.1 Å². The molecule has 2 atom stereocenters. The first-order chi connectivity index (χ1) is 10.2. The summed E-state index contributed by atoms with van der Waals surface area (Å²) < 4.78 is 0. The number of rotatable bonds is 14. The maximum atomic E-state index is 12.2. The fourth-order valence-corrected chi connectivity index (χ4v) is 2.28. The van der Waals surface area contributed by atoms with E-state index in [1.807, 2.05) is 28.2 Å². The van der Waals surface area contributed by atoms with Crippen LogP contribution in [0.15, 0.2) is 0 Å². The molecule has 0 aromatic heterocycles. The summed E-state index contributed by atoms with van der Waals surface area (Å²) in [4.78, 5) is 12.2. The molecule has 0 rings (SSSR count). The highest BCUT2D eigenvalue weighted by Crippen LogP contribution is 2.01. The number of carbonyl (C=O) groups is 1. The molecular formula is C15H35N5O. The van der Waals surface area contributed by atoms with Gasteiger partial charge in [-0.3, -0.25) is 4.79 Å². The van der Waals surface area contributed by atoms with Gasteiger partial charge < -0.3 is 26.6 Å². The molecule has 0 aromatic rings. The van der Waals surface area contributed by atoms with Gasteiger partial charge in [0.1, 0.15) is 0 Å². The van der Waals surface area contributed by atoms with Crippen LogP contribution in [-0.2, 0) is 4.79 Å². The summed E-state index contributed by atoms with van der Waals surface area (Å²) in [6.45, 7) is 2.70. The number of nitrogens with one attached hydrogen (secondary N) is 5. The smallest absolute Gasteiger partial charge is 0.237 e. The monoisotopic (exact) mass is 301 g/mol. The molecule has 6 nitrogen and oxygen atoms in total. The van der Waals surface area contributed by atoms with Gasteiger partial charge >= 0.3 is 0 Å². The van der Waals surface area contributed by atoms with Crippen LogP contribution < -0.4 is 26.6 Å². The summed E-state index contributed by atoms with van der Waals surface area (Å²) in [6.07, 6.45) is 5.21. The highest BCUT2D eigenvalue weighted by atomic mass is 16.2. The molecule has 0 aliphatic carbocycles. The van der Waals surface area contributed by atoms with E-state index in [9.17, 15) is 4.79 Å². The zero-order valence-electron chi connectivity index (χ0n) is 14.2. The van der Waals surface area contributed by atoms with Gasteiger partial charge in [0.25, 0.3) is 0 Å². The number of likely N-dealkylation sites (N-methyl/N-ethyl adjacent to an activating group) is 2. The third-order valence-corrected chi connectivity index (χ3v) is 3.74. The zero-order valence-corrected chi connectivity index (χ0v) is 14.2. The van der Waals surface area contributed by atoms with Crippen molar-refractivity contribution in [3.63, 3.8) is 0 Å². The molecular weight excluding hydrogens is 266 g/mol. The van der Waals surface area contributed by atoms with Crippen molar-refractivity contribution in [2.24, 2.45) is 0 Å². The van der Waals surface area contributed by atoms with Gasteiger partial charge in [-0.2, -0.15) is 0 Å². The first-order valence-corrected chi connectivity index (χ1v) is 8.11. The van der Waals surface area contributed by atoms with E-state index < -0.39 is 0 Å². The highest BCUT2D eigenvalue weighted by Gasteiger charge is 2.16. The lowest BCUT2D eigenvalue weighted by atomic mass is 10.1. The van der Waals surface area contributed by atoms with Crippen molar-refractivity contribution in [1.29, 1.82) is 0 Å². The predicted octanol–water partition coefficient (Wildman–Crippen LogP) is -0.332. The van der Waals surface area contributed by atoms with Gasteiger partial charge in [-0.05, 0) is 67.0 Å². The highest BCUT2D eigenvalue weighted by molar-refractivity contribution is 5.81. The van der Waals surface area contributed by atoms with E-state index in [2.05, 4.69) is 26.6 Å². The summed E-state index contributed by atoms with van der Waals surface area (Å²) in [6, 6.07) is 0.251. The molecule has 0 radical (unpaired) electrons. The SMILES string of the molecule is CNCCCC[C@H](NC)C(=O)NC[C@H](CCCNC)NC. The van der Waals surface area contributed by atoms with Gasteiger partial charge in [-0.25, -0.2) is 0 Å². The second kappa shape index (κ2) is 14.3. The van der Waals surface area contributed by atoms with Crippen LogP contribution in [0.25, 0.3) is 0 Å². The minimum atomic E-state index is -0.0864. The van der Waals surface area contributed by atoms with Crippen molar-refractivity contribution < 1.29 is 4.79 Å². The van der Waals surface area contributed by atoms with Gasteiger partial charge in [-0.1, -0.05) is 6.42 Å². The van der Waals surface area contributed by atoms with Gasteiger partial charge in [0.05, 0.1) is 6.04 Å². The van der Waals surface area contributed by atoms with Crippen molar-refractivity contribution >= 4 is 5.91 Å². The first kappa shape index (κ1) is 20.3. The average Bonchev–Trinajstić information content (AvgIpc) is 2.50. The summed E-state index contributed by atoms with van der Waals surface area (Å²) in [7, 11) is 7.71. The number of carbonyl (C=O) groups excluding carboxylic acids is 1. The fourth-order valence-electron chi connectivity index (χ4n) is 2.28. The van der Waals surface area contributed by atoms with E-state index in [1.54, 1.807) is 0 Å². The van der Waals surface area contributed by atoms with Crippen LogP contribution >= 0.6 is 0 Å². The molecule has 6 heteroatoms. The van der Waals surface area contributed by atoms with E-state index in [1.165, 1.54) is 0 Å². The fraction of sp³-hybridized carbons (Fsp3) is 0.933. The van der Waals surface area contributed by atoms with E-state index >= 15 is 0 Å². The van der Waals surface area contributed by atoms with Gasteiger partial charge in [0.15, 0.2) is 0 Å². The van der Waals surface area contributed by atoms with Crippen LogP contribution in [0, 0.1) is 0 Å². The summed E-state index contributed by atoms with van der Waals surface area (Å²) in [5.74, 6) is 0.107. The van der Waals surface area contributed by atoms with Crippen LogP contribution in [0.2, 0.25) is 0 Å². The molecule has 5 N–H and O–H groups in total. The Bertz CT molecular complexity index is 250.